The second kappa shape index (κ2) is 5.35. The summed E-state index contributed by atoms with van der Waals surface area (Å²) in [5.41, 5.74) is 7.50. The number of carbonyl (C=O) groups is 1. The number of halogens is 2. The van der Waals surface area contributed by atoms with Gasteiger partial charge in [-0.2, -0.15) is 0 Å². The maximum absolute atomic E-state index is 11.3. The SMILES string of the molecule is NC(=O)Cn1c(-c2ccc(Cl)cc2)nc2cc(Cl)ncc21. The molecule has 0 aliphatic carbocycles. The first-order valence-electron chi connectivity index (χ1n) is 6.10. The predicted molar refractivity (Wildman–Crippen MR) is 82.2 cm³/mol. The van der Waals surface area contributed by atoms with E-state index in [1.165, 1.54) is 0 Å². The molecule has 0 fully saturated rings. The van der Waals surface area contributed by atoms with Crippen LogP contribution >= 0.6 is 23.2 Å². The number of carbonyl (C=O) groups excluding carboxylic acids is 1. The average Bonchev–Trinajstić information content (AvgIpc) is 2.77. The molecule has 0 radical (unpaired) electrons. The van der Waals surface area contributed by atoms with Crippen molar-refractivity contribution >= 4 is 40.1 Å². The van der Waals surface area contributed by atoms with Crippen LogP contribution < -0.4 is 5.73 Å². The number of primary amides is 1. The van der Waals surface area contributed by atoms with Gasteiger partial charge in [0.1, 0.15) is 17.5 Å². The molecule has 0 saturated heterocycles. The third kappa shape index (κ3) is 2.70. The Bertz CT molecular complexity index is 827. The molecule has 7 heteroatoms. The molecule has 0 atom stereocenters. The van der Waals surface area contributed by atoms with Gasteiger partial charge in [0.15, 0.2) is 0 Å². The Labute approximate surface area is 130 Å². The zero-order valence-corrected chi connectivity index (χ0v) is 12.3. The minimum Gasteiger partial charge on any atom is -0.368 e. The van der Waals surface area contributed by atoms with Gasteiger partial charge >= 0.3 is 0 Å². The molecule has 1 amide bonds. The molecule has 0 spiro atoms. The second-order valence-electron chi connectivity index (χ2n) is 4.49. The number of rotatable bonds is 3. The lowest BCUT2D eigenvalue weighted by molar-refractivity contribution is -0.118. The van der Waals surface area contributed by atoms with Crippen LogP contribution in [0.4, 0.5) is 0 Å². The quantitative estimate of drug-likeness (QED) is 0.754. The molecule has 106 valence electrons. The number of pyridine rings is 1. The number of fused-ring (bicyclic) bond motifs is 1. The highest BCUT2D eigenvalue weighted by atomic mass is 35.5. The molecule has 0 aliphatic rings. The molecule has 2 aromatic heterocycles. The highest BCUT2D eigenvalue weighted by Crippen LogP contribution is 2.26. The summed E-state index contributed by atoms with van der Waals surface area (Å²) in [7, 11) is 0. The summed E-state index contributed by atoms with van der Waals surface area (Å²) in [4.78, 5) is 19.9. The van der Waals surface area contributed by atoms with Gasteiger partial charge in [-0.15, -0.1) is 0 Å². The van der Waals surface area contributed by atoms with Crippen molar-refractivity contribution in [2.75, 3.05) is 0 Å². The van der Waals surface area contributed by atoms with Gasteiger partial charge in [-0.25, -0.2) is 9.97 Å². The number of benzene rings is 1. The van der Waals surface area contributed by atoms with Crippen LogP contribution in [-0.2, 0) is 11.3 Å². The molecule has 3 aromatic rings. The lowest BCUT2D eigenvalue weighted by Crippen LogP contribution is -2.19. The standard InChI is InChI=1S/C14H10Cl2N4O/c15-9-3-1-8(2-4-9)14-19-10-5-12(16)18-6-11(10)20(14)7-13(17)21/h1-6H,7H2,(H2,17,21). The Morgan fingerprint density at radius 3 is 2.62 bits per heavy atom. The smallest absolute Gasteiger partial charge is 0.237 e. The second-order valence-corrected chi connectivity index (χ2v) is 5.31. The average molecular weight is 321 g/mol. The van der Waals surface area contributed by atoms with E-state index in [-0.39, 0.29) is 6.54 Å². The molecule has 3 rings (SSSR count). The Morgan fingerprint density at radius 2 is 1.95 bits per heavy atom. The van der Waals surface area contributed by atoms with Crippen molar-refractivity contribution in [1.29, 1.82) is 0 Å². The van der Waals surface area contributed by atoms with Crippen molar-refractivity contribution in [3.63, 3.8) is 0 Å². The number of hydrogen-bond acceptors (Lipinski definition) is 3. The first kappa shape index (κ1) is 13.9. The first-order valence-corrected chi connectivity index (χ1v) is 6.86. The molecule has 21 heavy (non-hydrogen) atoms. The number of imidazole rings is 1. The molecular weight excluding hydrogens is 311 g/mol. The van der Waals surface area contributed by atoms with E-state index >= 15 is 0 Å². The summed E-state index contributed by atoms with van der Waals surface area (Å²) < 4.78 is 1.71. The van der Waals surface area contributed by atoms with Gasteiger partial charge in [0.05, 0.1) is 17.2 Å². The van der Waals surface area contributed by atoms with Crippen molar-refractivity contribution in [2.45, 2.75) is 6.54 Å². The van der Waals surface area contributed by atoms with E-state index in [2.05, 4.69) is 9.97 Å². The molecule has 0 bridgehead atoms. The number of hydrogen-bond donors (Lipinski definition) is 1. The minimum atomic E-state index is -0.459. The van der Waals surface area contributed by atoms with Crippen LogP contribution in [0.2, 0.25) is 10.2 Å². The Hall–Kier alpha value is -2.11. The Balaban J connectivity index is 2.24. The Kier molecular flexibility index (Phi) is 3.53. The van der Waals surface area contributed by atoms with Crippen LogP contribution in [0.25, 0.3) is 22.4 Å². The van der Waals surface area contributed by atoms with Crippen LogP contribution in [0.3, 0.4) is 0 Å². The van der Waals surface area contributed by atoms with E-state index in [0.29, 0.717) is 27.0 Å². The van der Waals surface area contributed by atoms with Crippen molar-refractivity contribution in [2.24, 2.45) is 5.73 Å². The van der Waals surface area contributed by atoms with Crippen molar-refractivity contribution < 1.29 is 4.79 Å². The number of nitrogens with zero attached hydrogens (tertiary/aromatic N) is 3. The summed E-state index contributed by atoms with van der Waals surface area (Å²) in [6, 6.07) is 8.83. The maximum atomic E-state index is 11.3. The number of nitrogens with two attached hydrogens (primary N) is 1. The number of amides is 1. The van der Waals surface area contributed by atoms with E-state index in [9.17, 15) is 4.79 Å². The molecule has 2 heterocycles. The van der Waals surface area contributed by atoms with Crippen LogP contribution in [-0.4, -0.2) is 20.4 Å². The largest absolute Gasteiger partial charge is 0.368 e. The van der Waals surface area contributed by atoms with E-state index in [1.807, 2.05) is 12.1 Å². The summed E-state index contributed by atoms with van der Waals surface area (Å²) in [6.45, 7) is 0.0117. The van der Waals surface area contributed by atoms with Gasteiger partial charge in [0, 0.05) is 16.7 Å². The zero-order valence-electron chi connectivity index (χ0n) is 10.8. The van der Waals surface area contributed by atoms with E-state index in [4.69, 9.17) is 28.9 Å². The fourth-order valence-electron chi connectivity index (χ4n) is 2.13. The van der Waals surface area contributed by atoms with Gasteiger partial charge < -0.3 is 10.3 Å². The van der Waals surface area contributed by atoms with Crippen LogP contribution in [0.5, 0.6) is 0 Å². The molecular formula is C14H10Cl2N4O. The van der Waals surface area contributed by atoms with E-state index in [1.54, 1.807) is 29.0 Å². The van der Waals surface area contributed by atoms with Gasteiger partial charge in [-0.1, -0.05) is 23.2 Å². The minimum absolute atomic E-state index is 0.0117. The molecule has 5 nitrogen and oxygen atoms in total. The van der Waals surface area contributed by atoms with E-state index < -0.39 is 5.91 Å². The fourth-order valence-corrected chi connectivity index (χ4v) is 2.41. The van der Waals surface area contributed by atoms with Crippen molar-refractivity contribution in [1.82, 2.24) is 14.5 Å². The molecule has 2 N–H and O–H groups in total. The van der Waals surface area contributed by atoms with Crippen LogP contribution in [0.1, 0.15) is 0 Å². The number of aromatic nitrogens is 3. The van der Waals surface area contributed by atoms with Crippen LogP contribution in [0, 0.1) is 0 Å². The lowest BCUT2D eigenvalue weighted by Gasteiger charge is -2.06. The van der Waals surface area contributed by atoms with Crippen molar-refractivity contribution in [3.05, 3.63) is 46.7 Å². The first-order chi connectivity index (χ1) is 10.0. The summed E-state index contributed by atoms with van der Waals surface area (Å²) >= 11 is 11.8. The third-order valence-corrected chi connectivity index (χ3v) is 3.48. The van der Waals surface area contributed by atoms with Crippen LogP contribution in [0.15, 0.2) is 36.5 Å². The third-order valence-electron chi connectivity index (χ3n) is 3.02. The van der Waals surface area contributed by atoms with Gasteiger partial charge in [0.2, 0.25) is 5.91 Å². The summed E-state index contributed by atoms with van der Waals surface area (Å²) in [6.07, 6.45) is 1.58. The molecule has 0 aliphatic heterocycles. The maximum Gasteiger partial charge on any atom is 0.237 e. The summed E-state index contributed by atoms with van der Waals surface area (Å²) in [5.74, 6) is 0.156. The highest BCUT2D eigenvalue weighted by Gasteiger charge is 2.15. The zero-order chi connectivity index (χ0) is 15.0. The van der Waals surface area contributed by atoms with Crippen molar-refractivity contribution in [3.8, 4) is 11.4 Å². The summed E-state index contributed by atoms with van der Waals surface area (Å²) in [5, 5.41) is 0.968. The van der Waals surface area contributed by atoms with Gasteiger partial charge in [-0.05, 0) is 24.3 Å². The highest BCUT2D eigenvalue weighted by molar-refractivity contribution is 6.30. The Morgan fingerprint density at radius 1 is 1.24 bits per heavy atom. The molecule has 0 saturated carbocycles. The lowest BCUT2D eigenvalue weighted by atomic mass is 10.2. The van der Waals surface area contributed by atoms with Gasteiger partial charge in [0.25, 0.3) is 0 Å². The molecule has 1 aromatic carbocycles. The topological polar surface area (TPSA) is 73.8 Å². The monoisotopic (exact) mass is 320 g/mol. The predicted octanol–water partition coefficient (Wildman–Crippen LogP) is 2.89. The van der Waals surface area contributed by atoms with Gasteiger partial charge in [-0.3, -0.25) is 4.79 Å². The fraction of sp³-hybridized carbons (Fsp3) is 0.0714. The normalized spacial score (nSPS) is 11.0. The molecule has 0 unspecified atom stereocenters. The van der Waals surface area contributed by atoms with E-state index in [0.717, 1.165) is 5.56 Å².